The molecule has 1 fully saturated rings. The van der Waals surface area contributed by atoms with E-state index in [0.29, 0.717) is 19.0 Å². The minimum absolute atomic E-state index is 0.152. The monoisotopic (exact) mass is 298 g/mol. The van der Waals surface area contributed by atoms with Crippen molar-refractivity contribution >= 4 is 5.91 Å². The standard InChI is InChI=1S/C16H34N4O/c1-5-20(14(2)13-18(3)4)15(12-17)11-16(21)19-9-7-6-8-10-19/h14-15H,5-13,17H2,1-4H3. The van der Waals surface area contributed by atoms with Gasteiger partial charge in [-0.15, -0.1) is 0 Å². The molecule has 1 saturated heterocycles. The van der Waals surface area contributed by atoms with Crippen molar-refractivity contribution in [3.63, 3.8) is 0 Å². The Morgan fingerprint density at radius 3 is 2.33 bits per heavy atom. The summed E-state index contributed by atoms with van der Waals surface area (Å²) in [6.07, 6.45) is 4.11. The third kappa shape index (κ3) is 5.93. The van der Waals surface area contributed by atoms with Crippen molar-refractivity contribution in [3.05, 3.63) is 0 Å². The molecule has 0 saturated carbocycles. The third-order valence-corrected chi connectivity index (χ3v) is 4.42. The number of nitrogens with zero attached hydrogens (tertiary/aromatic N) is 3. The summed E-state index contributed by atoms with van der Waals surface area (Å²) in [6, 6.07) is 0.562. The molecule has 5 nitrogen and oxygen atoms in total. The summed E-state index contributed by atoms with van der Waals surface area (Å²) in [7, 11) is 4.17. The molecule has 21 heavy (non-hydrogen) atoms. The van der Waals surface area contributed by atoms with E-state index in [-0.39, 0.29) is 11.9 Å². The number of amides is 1. The SMILES string of the molecule is CCN(C(C)CN(C)C)C(CN)CC(=O)N1CCCCC1. The molecule has 1 aliphatic heterocycles. The first-order valence-electron chi connectivity index (χ1n) is 8.37. The lowest BCUT2D eigenvalue weighted by Gasteiger charge is -2.37. The van der Waals surface area contributed by atoms with Crippen LogP contribution in [0.5, 0.6) is 0 Å². The van der Waals surface area contributed by atoms with Crippen LogP contribution >= 0.6 is 0 Å². The van der Waals surface area contributed by atoms with E-state index in [4.69, 9.17) is 5.73 Å². The molecule has 0 aromatic rings. The predicted octanol–water partition coefficient (Wildman–Crippen LogP) is 0.988. The molecule has 0 bridgehead atoms. The minimum Gasteiger partial charge on any atom is -0.343 e. The fourth-order valence-electron chi connectivity index (χ4n) is 3.37. The Bertz CT molecular complexity index is 303. The number of carbonyl (C=O) groups is 1. The van der Waals surface area contributed by atoms with Crippen LogP contribution in [0.3, 0.4) is 0 Å². The molecule has 1 amide bonds. The zero-order valence-electron chi connectivity index (χ0n) is 14.3. The van der Waals surface area contributed by atoms with E-state index in [2.05, 4.69) is 37.7 Å². The fourth-order valence-corrected chi connectivity index (χ4v) is 3.37. The highest BCUT2D eigenvalue weighted by molar-refractivity contribution is 5.77. The van der Waals surface area contributed by atoms with Crippen LogP contribution in [0.1, 0.15) is 39.5 Å². The summed E-state index contributed by atoms with van der Waals surface area (Å²) < 4.78 is 0. The summed E-state index contributed by atoms with van der Waals surface area (Å²) in [5.74, 6) is 0.278. The summed E-state index contributed by atoms with van der Waals surface area (Å²) in [5, 5.41) is 0. The van der Waals surface area contributed by atoms with Crippen molar-refractivity contribution in [2.24, 2.45) is 5.73 Å². The molecule has 0 aliphatic carbocycles. The normalized spacial score (nSPS) is 19.1. The maximum atomic E-state index is 12.5. The Morgan fingerprint density at radius 1 is 1.24 bits per heavy atom. The van der Waals surface area contributed by atoms with Gasteiger partial charge >= 0.3 is 0 Å². The quantitative estimate of drug-likeness (QED) is 0.726. The van der Waals surface area contributed by atoms with E-state index >= 15 is 0 Å². The lowest BCUT2D eigenvalue weighted by Crippen LogP contribution is -2.51. The molecule has 1 aliphatic rings. The minimum atomic E-state index is 0.152. The first-order chi connectivity index (χ1) is 9.99. The molecule has 5 heteroatoms. The molecule has 0 radical (unpaired) electrons. The van der Waals surface area contributed by atoms with Crippen LogP contribution in [0.2, 0.25) is 0 Å². The second-order valence-corrected chi connectivity index (χ2v) is 6.48. The van der Waals surface area contributed by atoms with Gasteiger partial charge in [0, 0.05) is 44.7 Å². The highest BCUT2D eigenvalue weighted by Crippen LogP contribution is 2.14. The maximum absolute atomic E-state index is 12.5. The number of hydrogen-bond acceptors (Lipinski definition) is 4. The smallest absolute Gasteiger partial charge is 0.224 e. The van der Waals surface area contributed by atoms with Gasteiger partial charge in [-0.1, -0.05) is 6.92 Å². The Labute approximate surface area is 130 Å². The largest absolute Gasteiger partial charge is 0.343 e. The van der Waals surface area contributed by atoms with Gasteiger partial charge in [-0.25, -0.2) is 0 Å². The van der Waals surface area contributed by atoms with Crippen LogP contribution in [0, 0.1) is 0 Å². The average Bonchev–Trinajstić information content (AvgIpc) is 2.46. The summed E-state index contributed by atoms with van der Waals surface area (Å²) in [5.41, 5.74) is 5.97. The van der Waals surface area contributed by atoms with Gasteiger partial charge in [0.15, 0.2) is 0 Å². The number of rotatable bonds is 8. The molecule has 1 heterocycles. The number of carbonyl (C=O) groups excluding carboxylic acids is 1. The van der Waals surface area contributed by atoms with Crippen LogP contribution in [0.15, 0.2) is 0 Å². The molecular formula is C16H34N4O. The van der Waals surface area contributed by atoms with E-state index in [0.717, 1.165) is 39.0 Å². The van der Waals surface area contributed by atoms with Gasteiger partial charge in [0.2, 0.25) is 5.91 Å². The van der Waals surface area contributed by atoms with Gasteiger partial charge in [-0.2, -0.15) is 0 Å². The third-order valence-electron chi connectivity index (χ3n) is 4.42. The van der Waals surface area contributed by atoms with Crippen LogP contribution < -0.4 is 5.73 Å². The molecule has 2 N–H and O–H groups in total. The van der Waals surface area contributed by atoms with E-state index < -0.39 is 0 Å². The van der Waals surface area contributed by atoms with Crippen LogP contribution in [-0.4, -0.2) is 79.5 Å². The molecule has 2 atom stereocenters. The molecule has 0 spiro atoms. The van der Waals surface area contributed by atoms with E-state index in [9.17, 15) is 4.79 Å². The topological polar surface area (TPSA) is 52.8 Å². The zero-order chi connectivity index (χ0) is 15.8. The van der Waals surface area contributed by atoms with Crippen molar-refractivity contribution in [1.82, 2.24) is 14.7 Å². The first kappa shape index (κ1) is 18.4. The van der Waals surface area contributed by atoms with Crippen LogP contribution in [-0.2, 0) is 4.79 Å². The molecular weight excluding hydrogens is 264 g/mol. The van der Waals surface area contributed by atoms with Crippen molar-refractivity contribution < 1.29 is 4.79 Å². The highest BCUT2D eigenvalue weighted by Gasteiger charge is 2.26. The van der Waals surface area contributed by atoms with E-state index in [1.807, 2.05) is 4.90 Å². The van der Waals surface area contributed by atoms with Gasteiger partial charge in [-0.3, -0.25) is 9.69 Å². The maximum Gasteiger partial charge on any atom is 0.224 e. The first-order valence-corrected chi connectivity index (χ1v) is 8.37. The Morgan fingerprint density at radius 2 is 1.86 bits per heavy atom. The molecule has 0 aromatic carbocycles. The van der Waals surface area contributed by atoms with Gasteiger partial charge in [0.25, 0.3) is 0 Å². The summed E-state index contributed by atoms with van der Waals surface area (Å²) in [4.78, 5) is 19.1. The summed E-state index contributed by atoms with van der Waals surface area (Å²) >= 11 is 0. The molecule has 1 rings (SSSR count). The number of likely N-dealkylation sites (N-methyl/N-ethyl adjacent to an activating group) is 2. The average molecular weight is 298 g/mol. The Balaban J connectivity index is 2.59. The van der Waals surface area contributed by atoms with E-state index in [1.165, 1.54) is 6.42 Å². The predicted molar refractivity (Wildman–Crippen MR) is 88.3 cm³/mol. The van der Waals surface area contributed by atoms with Gasteiger partial charge < -0.3 is 15.5 Å². The lowest BCUT2D eigenvalue weighted by atomic mass is 10.1. The zero-order valence-corrected chi connectivity index (χ0v) is 14.3. The highest BCUT2D eigenvalue weighted by atomic mass is 16.2. The number of likely N-dealkylation sites (tertiary alicyclic amines) is 1. The van der Waals surface area contributed by atoms with E-state index in [1.54, 1.807) is 0 Å². The van der Waals surface area contributed by atoms with Crippen molar-refractivity contribution in [3.8, 4) is 0 Å². The molecule has 124 valence electrons. The van der Waals surface area contributed by atoms with Gasteiger partial charge in [-0.05, 0) is 46.8 Å². The second-order valence-electron chi connectivity index (χ2n) is 6.48. The van der Waals surface area contributed by atoms with Gasteiger partial charge in [0.1, 0.15) is 0 Å². The van der Waals surface area contributed by atoms with Crippen LogP contribution in [0.4, 0.5) is 0 Å². The summed E-state index contributed by atoms with van der Waals surface area (Å²) in [6.45, 7) is 8.69. The molecule has 0 aromatic heterocycles. The molecule has 2 unspecified atom stereocenters. The number of hydrogen-bond donors (Lipinski definition) is 1. The van der Waals surface area contributed by atoms with Crippen molar-refractivity contribution in [2.75, 3.05) is 46.8 Å². The van der Waals surface area contributed by atoms with Crippen molar-refractivity contribution in [2.45, 2.75) is 51.6 Å². The van der Waals surface area contributed by atoms with Crippen LogP contribution in [0.25, 0.3) is 0 Å². The lowest BCUT2D eigenvalue weighted by molar-refractivity contribution is -0.133. The number of piperidine rings is 1. The second kappa shape index (κ2) is 9.38. The Hall–Kier alpha value is -0.650. The van der Waals surface area contributed by atoms with Gasteiger partial charge in [0.05, 0.1) is 0 Å². The Kier molecular flexibility index (Phi) is 8.22. The van der Waals surface area contributed by atoms with Crippen molar-refractivity contribution in [1.29, 1.82) is 0 Å². The number of nitrogens with two attached hydrogens (primary N) is 1. The fraction of sp³-hybridized carbons (Fsp3) is 0.938.